The molecule has 14 heteroatoms. The number of allylic oxidation sites excluding steroid dienone is 1. The van der Waals surface area contributed by atoms with Crippen molar-refractivity contribution < 1.29 is 23.1 Å². The molecule has 0 aromatic carbocycles. The highest BCUT2D eigenvalue weighted by molar-refractivity contribution is 7.90. The van der Waals surface area contributed by atoms with Gasteiger partial charge in [0.25, 0.3) is 0 Å². The van der Waals surface area contributed by atoms with E-state index in [0.717, 1.165) is 10.3 Å². The van der Waals surface area contributed by atoms with Gasteiger partial charge in [-0.1, -0.05) is 30.8 Å². The lowest BCUT2D eigenvalue weighted by Gasteiger charge is -2.23. The molecule has 0 saturated carbocycles. The number of hydrogen-bond donors (Lipinski definition) is 2. The van der Waals surface area contributed by atoms with Crippen LogP contribution in [0.15, 0.2) is 30.0 Å². The van der Waals surface area contributed by atoms with Crippen molar-refractivity contribution in [2.24, 2.45) is 11.0 Å². The van der Waals surface area contributed by atoms with Gasteiger partial charge in [-0.3, -0.25) is 9.52 Å². The number of azide groups is 1. The number of aromatic nitrogens is 2. The molecule has 1 aromatic rings. The Kier molecular flexibility index (Phi) is 7.89. The van der Waals surface area contributed by atoms with Gasteiger partial charge in [0.05, 0.1) is 0 Å². The summed E-state index contributed by atoms with van der Waals surface area (Å²) >= 11 is 0. The molecule has 1 aliphatic heterocycles. The van der Waals surface area contributed by atoms with E-state index >= 15 is 0 Å². The van der Waals surface area contributed by atoms with E-state index in [9.17, 15) is 18.3 Å². The first kappa shape index (κ1) is 24.9. The fourth-order valence-corrected chi connectivity index (χ4v) is 5.21. The second-order valence-corrected chi connectivity index (χ2v) is 15.9. The Labute approximate surface area is 182 Å². The molecule has 0 radical (unpaired) electrons. The number of carbonyl (C=O) groups is 1. The lowest BCUT2D eigenvalue weighted by atomic mass is 9.85. The van der Waals surface area contributed by atoms with Gasteiger partial charge in [0.15, 0.2) is 11.4 Å². The number of ether oxygens (including phenoxy) is 1. The van der Waals surface area contributed by atoms with E-state index in [1.807, 2.05) is 0 Å². The van der Waals surface area contributed by atoms with Gasteiger partial charge in [-0.15, -0.1) is 6.58 Å². The number of carboxylic acid groups (broad SMARTS) is 1. The molecule has 2 heterocycles. The fourth-order valence-electron chi connectivity index (χ4n) is 3.21. The first-order valence-corrected chi connectivity index (χ1v) is 14.9. The van der Waals surface area contributed by atoms with Crippen molar-refractivity contribution in [2.45, 2.75) is 44.4 Å². The highest BCUT2D eigenvalue weighted by Crippen LogP contribution is 2.36. The molecule has 0 amide bonds. The molecular weight excluding hydrogens is 442 g/mol. The number of hydrogen-bond acceptors (Lipinski definition) is 6. The molecule has 31 heavy (non-hydrogen) atoms. The largest absolute Gasteiger partial charge is 0.481 e. The third-order valence-corrected chi connectivity index (χ3v) is 8.12. The normalized spacial score (nSPS) is 22.1. The molecule has 0 spiro atoms. The Morgan fingerprint density at radius 2 is 2.29 bits per heavy atom. The summed E-state index contributed by atoms with van der Waals surface area (Å²) in [6.07, 6.45) is 3.24. The smallest absolute Gasteiger partial charge is 0.317 e. The molecule has 1 aliphatic rings. The zero-order valence-corrected chi connectivity index (χ0v) is 19.7. The molecule has 0 bridgehead atoms. The average Bonchev–Trinajstić information content (AvgIpc) is 3.24. The lowest BCUT2D eigenvalue weighted by Crippen LogP contribution is -2.45. The van der Waals surface area contributed by atoms with Crippen LogP contribution in [-0.4, -0.2) is 66.9 Å². The molecule has 172 valence electrons. The summed E-state index contributed by atoms with van der Waals surface area (Å²) in [5.74, 6) is -2.05. The maximum atomic E-state index is 12.8. The standard InChI is InChI=1S/C17H29N7O5SSi/c1-5-6-14-11-24(12-17(14,16(25)26)21-22-18)30(27,28)20-15-7-8-23(19-15)13-29-9-10-31(2,3)4/h5,7-8,14H,1,6,9-13H2,2-4H3,(H,19,20)(H,25,26)/t14-,17-/m0/s1. The molecule has 2 rings (SSSR count). The predicted molar refractivity (Wildman–Crippen MR) is 118 cm³/mol. The molecular formula is C17H29N7O5SSi. The summed E-state index contributed by atoms with van der Waals surface area (Å²) in [7, 11) is -5.33. The van der Waals surface area contributed by atoms with Crippen molar-refractivity contribution in [3.05, 3.63) is 35.4 Å². The van der Waals surface area contributed by atoms with Crippen molar-refractivity contribution in [1.82, 2.24) is 14.1 Å². The second kappa shape index (κ2) is 9.83. The molecule has 1 saturated heterocycles. The third-order valence-electron chi connectivity index (χ3n) is 5.00. The Morgan fingerprint density at radius 1 is 1.58 bits per heavy atom. The van der Waals surface area contributed by atoms with Crippen LogP contribution in [-0.2, 0) is 26.5 Å². The van der Waals surface area contributed by atoms with E-state index in [-0.39, 0.29) is 25.5 Å². The molecule has 2 N–H and O–H groups in total. The number of anilines is 1. The van der Waals surface area contributed by atoms with Gasteiger partial charge in [0.1, 0.15) is 6.73 Å². The van der Waals surface area contributed by atoms with E-state index in [0.29, 0.717) is 6.61 Å². The van der Waals surface area contributed by atoms with E-state index in [1.54, 1.807) is 6.20 Å². The van der Waals surface area contributed by atoms with Crippen LogP contribution in [0.25, 0.3) is 10.4 Å². The van der Waals surface area contributed by atoms with Gasteiger partial charge in [-0.25, -0.2) is 4.68 Å². The minimum atomic E-state index is -4.13. The number of rotatable bonds is 12. The van der Waals surface area contributed by atoms with Crippen molar-refractivity contribution in [3.8, 4) is 0 Å². The molecule has 2 atom stereocenters. The summed E-state index contributed by atoms with van der Waals surface area (Å²) in [6.45, 7) is 10.5. The molecule has 12 nitrogen and oxygen atoms in total. The predicted octanol–water partition coefficient (Wildman–Crippen LogP) is 2.49. The van der Waals surface area contributed by atoms with Gasteiger partial charge in [-0.05, 0) is 23.9 Å². The quantitative estimate of drug-likeness (QED) is 0.119. The first-order chi connectivity index (χ1) is 14.4. The second-order valence-electron chi connectivity index (χ2n) is 8.63. The molecule has 0 unspecified atom stereocenters. The monoisotopic (exact) mass is 471 g/mol. The summed E-state index contributed by atoms with van der Waals surface area (Å²) in [5, 5.41) is 17.2. The molecule has 0 aliphatic carbocycles. The van der Waals surface area contributed by atoms with Crippen LogP contribution in [0.4, 0.5) is 5.82 Å². The zero-order valence-electron chi connectivity index (χ0n) is 17.9. The van der Waals surface area contributed by atoms with Crippen LogP contribution in [0.1, 0.15) is 6.42 Å². The Bertz CT molecular complexity index is 950. The minimum absolute atomic E-state index is 0.0747. The minimum Gasteiger partial charge on any atom is -0.481 e. The summed E-state index contributed by atoms with van der Waals surface area (Å²) in [4.78, 5) is 14.5. The Morgan fingerprint density at radius 3 is 2.87 bits per heavy atom. The van der Waals surface area contributed by atoms with Gasteiger partial charge < -0.3 is 9.84 Å². The van der Waals surface area contributed by atoms with Gasteiger partial charge >= 0.3 is 16.2 Å². The third kappa shape index (κ3) is 6.30. The summed E-state index contributed by atoms with van der Waals surface area (Å²) in [5.41, 5.74) is 6.95. The maximum absolute atomic E-state index is 12.8. The highest BCUT2D eigenvalue weighted by Gasteiger charge is 2.54. The van der Waals surface area contributed by atoms with Crippen molar-refractivity contribution in [2.75, 3.05) is 24.4 Å². The molecule has 1 fully saturated rings. The lowest BCUT2D eigenvalue weighted by molar-refractivity contribution is -0.144. The summed E-state index contributed by atoms with van der Waals surface area (Å²) in [6, 6.07) is 2.49. The van der Waals surface area contributed by atoms with Crippen LogP contribution < -0.4 is 4.72 Å². The van der Waals surface area contributed by atoms with Crippen LogP contribution in [0.5, 0.6) is 0 Å². The van der Waals surface area contributed by atoms with E-state index in [4.69, 9.17) is 10.3 Å². The van der Waals surface area contributed by atoms with Gasteiger partial charge in [-0.2, -0.15) is 17.8 Å². The topological polar surface area (TPSA) is 163 Å². The summed E-state index contributed by atoms with van der Waals surface area (Å²) < 4.78 is 36.0. The van der Waals surface area contributed by atoms with Crippen LogP contribution in [0.2, 0.25) is 25.7 Å². The van der Waals surface area contributed by atoms with Crippen molar-refractivity contribution in [1.29, 1.82) is 0 Å². The number of nitrogens with one attached hydrogen (secondary N) is 1. The fraction of sp³-hybridized carbons (Fsp3) is 0.647. The number of nitrogens with zero attached hydrogens (tertiary/aromatic N) is 6. The van der Waals surface area contributed by atoms with Crippen molar-refractivity contribution in [3.63, 3.8) is 0 Å². The van der Waals surface area contributed by atoms with Crippen molar-refractivity contribution >= 4 is 30.1 Å². The number of carboxylic acids is 1. The van der Waals surface area contributed by atoms with E-state index < -0.39 is 42.3 Å². The van der Waals surface area contributed by atoms with E-state index in [1.165, 1.54) is 16.8 Å². The maximum Gasteiger partial charge on any atom is 0.317 e. The van der Waals surface area contributed by atoms with Crippen LogP contribution in [0, 0.1) is 5.92 Å². The van der Waals surface area contributed by atoms with Crippen LogP contribution in [0.3, 0.4) is 0 Å². The molecule has 1 aromatic heterocycles. The van der Waals surface area contributed by atoms with Gasteiger partial charge in [0.2, 0.25) is 0 Å². The van der Waals surface area contributed by atoms with E-state index in [2.05, 4.69) is 46.1 Å². The Hall–Kier alpha value is -2.38. The first-order valence-electron chi connectivity index (χ1n) is 9.73. The SMILES string of the molecule is C=CC[C@H]1CN(S(=O)(=O)Nc2ccn(COCC[Si](C)(C)C)n2)C[C@@]1(N=[N+]=[N-])C(=O)O. The van der Waals surface area contributed by atoms with Gasteiger partial charge in [0, 0.05) is 44.9 Å². The zero-order chi connectivity index (χ0) is 23.3. The van der Waals surface area contributed by atoms with Crippen LogP contribution >= 0.6 is 0 Å². The average molecular weight is 472 g/mol. The Balaban J connectivity index is 2.07. The number of aliphatic carboxylic acids is 1. The highest BCUT2D eigenvalue weighted by atomic mass is 32.2.